The number of halogens is 1. The molecule has 2 aromatic heterocycles. The third-order valence-corrected chi connectivity index (χ3v) is 3.03. The summed E-state index contributed by atoms with van der Waals surface area (Å²) in [6, 6.07) is 1.85. The number of hydrogen-bond acceptors (Lipinski definition) is 6. The first-order chi connectivity index (χ1) is 9.15. The molecule has 0 aliphatic carbocycles. The van der Waals surface area contributed by atoms with Gasteiger partial charge in [-0.05, 0) is 22.9 Å². The number of hydrogen-bond donors (Lipinski definition) is 1. The highest BCUT2D eigenvalue weighted by Gasteiger charge is 2.14. The minimum absolute atomic E-state index is 0.377. The topological polar surface area (TPSA) is 77.8 Å². The van der Waals surface area contributed by atoms with E-state index < -0.39 is 0 Å². The molecule has 0 aliphatic rings. The van der Waals surface area contributed by atoms with Gasteiger partial charge in [0.2, 0.25) is 0 Å². The van der Waals surface area contributed by atoms with E-state index >= 15 is 0 Å². The molecule has 1 N–H and O–H groups in total. The summed E-state index contributed by atoms with van der Waals surface area (Å²) in [4.78, 5) is 8.82. The Kier molecular flexibility index (Phi) is 4.43. The molecule has 19 heavy (non-hydrogen) atoms. The van der Waals surface area contributed by atoms with Crippen molar-refractivity contribution in [3.63, 3.8) is 0 Å². The standard InChI is InChI=1S/C11H15BrN6O/c1-4-19-6-9-14-7(5-8(13-2)15-9)10-11(12)16-17-18(10)3/h5H,4,6H2,1-3H3,(H,13,14,15). The van der Waals surface area contributed by atoms with Crippen molar-refractivity contribution < 1.29 is 4.74 Å². The molecule has 0 unspecified atom stereocenters. The van der Waals surface area contributed by atoms with Crippen molar-refractivity contribution in [2.75, 3.05) is 19.0 Å². The molecule has 102 valence electrons. The Hall–Kier alpha value is -1.54. The average Bonchev–Trinajstić information content (AvgIpc) is 2.75. The maximum atomic E-state index is 5.35. The summed E-state index contributed by atoms with van der Waals surface area (Å²) in [6.45, 7) is 2.94. The van der Waals surface area contributed by atoms with E-state index in [1.54, 1.807) is 4.68 Å². The molecule has 0 saturated carbocycles. The predicted molar refractivity (Wildman–Crippen MR) is 74.6 cm³/mol. The van der Waals surface area contributed by atoms with Crippen LogP contribution in [0.3, 0.4) is 0 Å². The van der Waals surface area contributed by atoms with Gasteiger partial charge < -0.3 is 10.1 Å². The van der Waals surface area contributed by atoms with E-state index in [0.29, 0.717) is 23.6 Å². The molecule has 0 spiro atoms. The summed E-state index contributed by atoms with van der Waals surface area (Å²) in [5.41, 5.74) is 1.55. The molecule has 2 aromatic rings. The van der Waals surface area contributed by atoms with Gasteiger partial charge in [0.1, 0.15) is 18.1 Å². The Balaban J connectivity index is 2.45. The Morgan fingerprint density at radius 3 is 2.79 bits per heavy atom. The average molecular weight is 327 g/mol. The molecular weight excluding hydrogens is 312 g/mol. The second kappa shape index (κ2) is 6.07. The summed E-state index contributed by atoms with van der Waals surface area (Å²) in [5.74, 6) is 1.35. The van der Waals surface area contributed by atoms with Gasteiger partial charge in [0.15, 0.2) is 10.4 Å². The fourth-order valence-electron chi connectivity index (χ4n) is 1.61. The van der Waals surface area contributed by atoms with Crippen molar-refractivity contribution in [3.05, 3.63) is 16.5 Å². The normalized spacial score (nSPS) is 10.7. The number of aromatic nitrogens is 5. The van der Waals surface area contributed by atoms with Crippen molar-refractivity contribution in [2.45, 2.75) is 13.5 Å². The first-order valence-electron chi connectivity index (χ1n) is 5.84. The molecule has 0 aromatic carbocycles. The lowest BCUT2D eigenvalue weighted by Crippen LogP contribution is -2.05. The van der Waals surface area contributed by atoms with Crippen LogP contribution >= 0.6 is 15.9 Å². The molecule has 7 nitrogen and oxygen atoms in total. The van der Waals surface area contributed by atoms with Crippen LogP contribution in [-0.4, -0.2) is 38.6 Å². The van der Waals surface area contributed by atoms with E-state index in [4.69, 9.17) is 4.74 Å². The number of aryl methyl sites for hydroxylation is 1. The van der Waals surface area contributed by atoms with E-state index in [-0.39, 0.29) is 0 Å². The smallest absolute Gasteiger partial charge is 0.157 e. The van der Waals surface area contributed by atoms with Crippen LogP contribution in [0.5, 0.6) is 0 Å². The summed E-state index contributed by atoms with van der Waals surface area (Å²) >= 11 is 3.37. The third kappa shape index (κ3) is 3.07. The molecule has 0 amide bonds. The van der Waals surface area contributed by atoms with Gasteiger partial charge in [0.25, 0.3) is 0 Å². The third-order valence-electron chi connectivity index (χ3n) is 2.49. The number of nitrogens with zero attached hydrogens (tertiary/aromatic N) is 5. The van der Waals surface area contributed by atoms with Crippen LogP contribution < -0.4 is 5.32 Å². The van der Waals surface area contributed by atoms with Gasteiger partial charge in [-0.3, -0.25) is 0 Å². The van der Waals surface area contributed by atoms with E-state index in [1.807, 2.05) is 27.1 Å². The van der Waals surface area contributed by atoms with Crippen LogP contribution in [0.4, 0.5) is 5.82 Å². The zero-order valence-electron chi connectivity index (χ0n) is 11.0. The molecule has 0 saturated heterocycles. The van der Waals surface area contributed by atoms with Gasteiger partial charge in [-0.2, -0.15) is 0 Å². The Labute approximate surface area is 119 Å². The number of ether oxygens (including phenoxy) is 1. The molecular formula is C11H15BrN6O. The zero-order valence-corrected chi connectivity index (χ0v) is 12.6. The van der Waals surface area contributed by atoms with Gasteiger partial charge in [-0.15, -0.1) is 5.10 Å². The highest BCUT2D eigenvalue weighted by Crippen LogP contribution is 2.25. The molecule has 0 aliphatic heterocycles. The Morgan fingerprint density at radius 2 is 2.21 bits per heavy atom. The fraction of sp³-hybridized carbons (Fsp3) is 0.455. The SMILES string of the molecule is CCOCc1nc(NC)cc(-c2c(Br)nnn2C)n1. The van der Waals surface area contributed by atoms with Crippen molar-refractivity contribution in [2.24, 2.45) is 7.05 Å². The van der Waals surface area contributed by atoms with Gasteiger partial charge >= 0.3 is 0 Å². The minimum atomic E-state index is 0.377. The van der Waals surface area contributed by atoms with Crippen LogP contribution in [0.1, 0.15) is 12.7 Å². The molecule has 0 bridgehead atoms. The highest BCUT2D eigenvalue weighted by atomic mass is 79.9. The predicted octanol–water partition coefficient (Wildman–Crippen LogP) is 1.61. The van der Waals surface area contributed by atoms with Crippen LogP contribution in [0.15, 0.2) is 10.7 Å². The zero-order chi connectivity index (χ0) is 13.8. The molecule has 2 rings (SSSR count). The molecule has 8 heteroatoms. The second-order valence-corrected chi connectivity index (χ2v) is 4.55. The van der Waals surface area contributed by atoms with Gasteiger partial charge in [-0.25, -0.2) is 14.6 Å². The van der Waals surface area contributed by atoms with E-state index in [9.17, 15) is 0 Å². The number of nitrogens with one attached hydrogen (secondary N) is 1. The first kappa shape index (κ1) is 13.9. The molecule has 0 atom stereocenters. The van der Waals surface area contributed by atoms with Crippen LogP contribution in [-0.2, 0) is 18.4 Å². The minimum Gasteiger partial charge on any atom is -0.374 e. The van der Waals surface area contributed by atoms with Crippen molar-refractivity contribution in [1.29, 1.82) is 0 Å². The first-order valence-corrected chi connectivity index (χ1v) is 6.64. The lowest BCUT2D eigenvalue weighted by atomic mass is 10.3. The highest BCUT2D eigenvalue weighted by molar-refractivity contribution is 9.10. The maximum absolute atomic E-state index is 5.35. The molecule has 2 heterocycles. The maximum Gasteiger partial charge on any atom is 0.157 e. The number of rotatable bonds is 5. The number of anilines is 1. The van der Waals surface area contributed by atoms with Gasteiger partial charge in [0.05, 0.1) is 5.69 Å². The largest absolute Gasteiger partial charge is 0.374 e. The van der Waals surface area contributed by atoms with Crippen LogP contribution in [0.2, 0.25) is 0 Å². The summed E-state index contributed by atoms with van der Waals surface area (Å²) in [6.07, 6.45) is 0. The quantitative estimate of drug-likeness (QED) is 0.899. The summed E-state index contributed by atoms with van der Waals surface area (Å²) in [5, 5.41) is 10.9. The summed E-state index contributed by atoms with van der Waals surface area (Å²) < 4.78 is 7.66. The lowest BCUT2D eigenvalue weighted by Gasteiger charge is -2.08. The molecule has 0 radical (unpaired) electrons. The Morgan fingerprint density at radius 1 is 1.42 bits per heavy atom. The fourth-order valence-corrected chi connectivity index (χ4v) is 2.14. The van der Waals surface area contributed by atoms with Gasteiger partial charge in [-0.1, -0.05) is 5.21 Å². The lowest BCUT2D eigenvalue weighted by molar-refractivity contribution is 0.128. The monoisotopic (exact) mass is 326 g/mol. The van der Waals surface area contributed by atoms with Crippen molar-refractivity contribution in [1.82, 2.24) is 25.0 Å². The van der Waals surface area contributed by atoms with Gasteiger partial charge in [0, 0.05) is 26.8 Å². The van der Waals surface area contributed by atoms with E-state index in [1.165, 1.54) is 0 Å². The second-order valence-electron chi connectivity index (χ2n) is 3.79. The summed E-state index contributed by atoms with van der Waals surface area (Å²) in [7, 11) is 3.63. The molecule has 0 fully saturated rings. The van der Waals surface area contributed by atoms with Crippen molar-refractivity contribution >= 4 is 21.7 Å². The van der Waals surface area contributed by atoms with Crippen LogP contribution in [0, 0.1) is 0 Å². The van der Waals surface area contributed by atoms with E-state index in [2.05, 4.69) is 41.5 Å². The Bertz CT molecular complexity index is 551. The van der Waals surface area contributed by atoms with Crippen molar-refractivity contribution in [3.8, 4) is 11.4 Å². The van der Waals surface area contributed by atoms with E-state index in [0.717, 1.165) is 17.2 Å². The van der Waals surface area contributed by atoms with Crippen LogP contribution in [0.25, 0.3) is 11.4 Å².